The third-order valence-electron chi connectivity index (χ3n) is 4.00. The number of fused-ring (bicyclic) bond motifs is 1. The third kappa shape index (κ3) is 3.16. The molecule has 1 atom stereocenters. The van der Waals surface area contributed by atoms with Crippen molar-refractivity contribution >= 4 is 11.9 Å². The molecule has 0 saturated heterocycles. The average Bonchev–Trinajstić information content (AvgIpc) is 2.90. The summed E-state index contributed by atoms with van der Waals surface area (Å²) in [6.07, 6.45) is 2.02. The molecule has 6 heteroatoms. The first-order valence-corrected chi connectivity index (χ1v) is 7.50. The van der Waals surface area contributed by atoms with E-state index in [1.165, 1.54) is 0 Å². The van der Waals surface area contributed by atoms with Gasteiger partial charge in [0, 0.05) is 6.54 Å². The predicted molar refractivity (Wildman–Crippen MR) is 77.3 cm³/mol. The van der Waals surface area contributed by atoms with Crippen LogP contribution in [-0.4, -0.2) is 24.8 Å². The van der Waals surface area contributed by atoms with Gasteiger partial charge in [0.05, 0.1) is 5.92 Å². The van der Waals surface area contributed by atoms with Crippen molar-refractivity contribution in [3.63, 3.8) is 0 Å². The monoisotopic (exact) mass is 305 g/mol. The third-order valence-corrected chi connectivity index (χ3v) is 4.00. The number of nitrogens with one attached hydrogen (secondary N) is 1. The molecule has 1 amide bonds. The Morgan fingerprint density at radius 3 is 2.82 bits per heavy atom. The molecule has 1 aliphatic heterocycles. The predicted octanol–water partition coefficient (Wildman–Crippen LogP) is 1.76. The van der Waals surface area contributed by atoms with Gasteiger partial charge in [0.2, 0.25) is 6.79 Å². The van der Waals surface area contributed by atoms with Crippen molar-refractivity contribution in [1.82, 2.24) is 5.32 Å². The highest BCUT2D eigenvalue weighted by Gasteiger charge is 2.29. The molecule has 1 aliphatic carbocycles. The van der Waals surface area contributed by atoms with Crippen LogP contribution in [-0.2, 0) is 20.9 Å². The lowest BCUT2D eigenvalue weighted by Crippen LogP contribution is -2.37. The van der Waals surface area contributed by atoms with E-state index in [-0.39, 0.29) is 24.6 Å². The summed E-state index contributed by atoms with van der Waals surface area (Å²) in [5.74, 6) is 0.792. The van der Waals surface area contributed by atoms with Gasteiger partial charge in [0.25, 0.3) is 5.91 Å². The fourth-order valence-electron chi connectivity index (χ4n) is 2.35. The summed E-state index contributed by atoms with van der Waals surface area (Å²) in [5.41, 5.74) is 0.898. The molecule has 1 N–H and O–H groups in total. The number of rotatable bonds is 5. The molecule has 1 saturated carbocycles. The number of amides is 1. The molecular weight excluding hydrogens is 286 g/mol. The number of hydrogen-bond donors (Lipinski definition) is 1. The Kier molecular flexibility index (Phi) is 4.18. The van der Waals surface area contributed by atoms with Gasteiger partial charge in [-0.3, -0.25) is 9.59 Å². The fourth-order valence-corrected chi connectivity index (χ4v) is 2.35. The number of carbonyl (C=O) groups excluding carboxylic acids is 2. The van der Waals surface area contributed by atoms with Gasteiger partial charge in [-0.25, -0.2) is 0 Å². The van der Waals surface area contributed by atoms with Crippen molar-refractivity contribution in [1.29, 1.82) is 0 Å². The molecule has 0 aromatic heterocycles. The molecule has 3 rings (SSSR count). The van der Waals surface area contributed by atoms with E-state index in [1.807, 2.05) is 18.2 Å². The minimum Gasteiger partial charge on any atom is -0.454 e. The van der Waals surface area contributed by atoms with Crippen LogP contribution >= 0.6 is 0 Å². The summed E-state index contributed by atoms with van der Waals surface area (Å²) < 4.78 is 15.7. The normalized spacial score (nSPS) is 17.5. The standard InChI is InChI=1S/C16H19NO5/c1-10(22-16(19)12-3-2-4-12)15(18)17-8-11-5-6-13-14(7-11)21-9-20-13/h5-7,10,12H,2-4,8-9H2,1H3,(H,17,18)/t10-/m0/s1. The molecule has 22 heavy (non-hydrogen) atoms. The number of ether oxygens (including phenoxy) is 3. The summed E-state index contributed by atoms with van der Waals surface area (Å²) in [4.78, 5) is 23.7. The maximum atomic E-state index is 12.0. The Balaban J connectivity index is 1.48. The Morgan fingerprint density at radius 2 is 2.09 bits per heavy atom. The van der Waals surface area contributed by atoms with Crippen LogP contribution in [0.1, 0.15) is 31.7 Å². The van der Waals surface area contributed by atoms with E-state index in [0.29, 0.717) is 18.0 Å². The molecule has 6 nitrogen and oxygen atoms in total. The van der Waals surface area contributed by atoms with Crippen molar-refractivity contribution in [3.8, 4) is 11.5 Å². The number of carbonyl (C=O) groups is 2. The van der Waals surface area contributed by atoms with E-state index in [1.54, 1.807) is 6.92 Å². The van der Waals surface area contributed by atoms with E-state index in [2.05, 4.69) is 5.32 Å². The Labute approximate surface area is 128 Å². The molecule has 1 aromatic carbocycles. The number of esters is 1. The highest BCUT2D eigenvalue weighted by atomic mass is 16.7. The van der Waals surface area contributed by atoms with Crippen LogP contribution < -0.4 is 14.8 Å². The second-order valence-electron chi connectivity index (χ2n) is 5.61. The summed E-state index contributed by atoms with van der Waals surface area (Å²) in [6.45, 7) is 2.16. The minimum atomic E-state index is -0.776. The molecule has 0 spiro atoms. The molecule has 2 aliphatic rings. The van der Waals surface area contributed by atoms with Crippen molar-refractivity contribution in [2.75, 3.05) is 6.79 Å². The zero-order chi connectivity index (χ0) is 15.5. The van der Waals surface area contributed by atoms with Crippen LogP contribution in [0.25, 0.3) is 0 Å². The van der Waals surface area contributed by atoms with Gasteiger partial charge in [-0.2, -0.15) is 0 Å². The first kappa shape index (κ1) is 14.7. The second-order valence-corrected chi connectivity index (χ2v) is 5.61. The molecule has 0 unspecified atom stereocenters. The average molecular weight is 305 g/mol. The number of hydrogen-bond acceptors (Lipinski definition) is 5. The van der Waals surface area contributed by atoms with Gasteiger partial charge in [0.1, 0.15) is 0 Å². The summed E-state index contributed by atoms with van der Waals surface area (Å²) in [6, 6.07) is 5.50. The lowest BCUT2D eigenvalue weighted by Gasteiger charge is -2.24. The zero-order valence-corrected chi connectivity index (χ0v) is 12.5. The van der Waals surface area contributed by atoms with Crippen molar-refractivity contribution in [3.05, 3.63) is 23.8 Å². The smallest absolute Gasteiger partial charge is 0.309 e. The summed E-state index contributed by atoms with van der Waals surface area (Å²) in [7, 11) is 0. The summed E-state index contributed by atoms with van der Waals surface area (Å²) >= 11 is 0. The molecule has 1 heterocycles. The molecule has 1 aromatic rings. The maximum Gasteiger partial charge on any atom is 0.309 e. The first-order chi connectivity index (χ1) is 10.6. The highest BCUT2D eigenvalue weighted by molar-refractivity contribution is 5.84. The van der Waals surface area contributed by atoms with Gasteiger partial charge in [-0.15, -0.1) is 0 Å². The highest BCUT2D eigenvalue weighted by Crippen LogP contribution is 2.32. The first-order valence-electron chi connectivity index (χ1n) is 7.50. The van der Waals surface area contributed by atoms with Crippen LogP contribution in [0, 0.1) is 5.92 Å². The molecular formula is C16H19NO5. The Morgan fingerprint density at radius 1 is 1.32 bits per heavy atom. The molecule has 0 bridgehead atoms. The quantitative estimate of drug-likeness (QED) is 0.839. The molecule has 1 fully saturated rings. The van der Waals surface area contributed by atoms with Crippen LogP contribution in [0.4, 0.5) is 0 Å². The van der Waals surface area contributed by atoms with Gasteiger partial charge in [-0.1, -0.05) is 12.5 Å². The molecule has 0 radical (unpaired) electrons. The Bertz CT molecular complexity index is 582. The van der Waals surface area contributed by atoms with Gasteiger partial charge < -0.3 is 19.5 Å². The van der Waals surface area contributed by atoms with Crippen molar-refractivity contribution in [2.45, 2.75) is 38.8 Å². The van der Waals surface area contributed by atoms with E-state index < -0.39 is 6.10 Å². The van der Waals surface area contributed by atoms with E-state index in [9.17, 15) is 9.59 Å². The SMILES string of the molecule is C[C@H](OC(=O)C1CCC1)C(=O)NCc1ccc2c(c1)OCO2. The maximum absolute atomic E-state index is 12.0. The van der Waals surface area contributed by atoms with E-state index >= 15 is 0 Å². The lowest BCUT2D eigenvalue weighted by molar-refractivity contribution is -0.161. The van der Waals surface area contributed by atoms with Crippen LogP contribution in [0.5, 0.6) is 11.5 Å². The minimum absolute atomic E-state index is 0.0240. The summed E-state index contributed by atoms with van der Waals surface area (Å²) in [5, 5.41) is 2.76. The topological polar surface area (TPSA) is 73.9 Å². The largest absolute Gasteiger partial charge is 0.454 e. The van der Waals surface area contributed by atoms with Crippen LogP contribution in [0.15, 0.2) is 18.2 Å². The zero-order valence-electron chi connectivity index (χ0n) is 12.5. The fraction of sp³-hybridized carbons (Fsp3) is 0.500. The van der Waals surface area contributed by atoms with Gasteiger partial charge in [-0.05, 0) is 37.5 Å². The van der Waals surface area contributed by atoms with Crippen molar-refractivity contribution < 1.29 is 23.8 Å². The number of benzene rings is 1. The van der Waals surface area contributed by atoms with E-state index in [4.69, 9.17) is 14.2 Å². The molecule has 118 valence electrons. The van der Waals surface area contributed by atoms with Crippen LogP contribution in [0.3, 0.4) is 0 Å². The van der Waals surface area contributed by atoms with Gasteiger partial charge >= 0.3 is 5.97 Å². The second kappa shape index (κ2) is 6.25. The Hall–Kier alpha value is -2.24. The van der Waals surface area contributed by atoms with Gasteiger partial charge in [0.15, 0.2) is 17.6 Å². The van der Waals surface area contributed by atoms with E-state index in [0.717, 1.165) is 24.8 Å². The lowest BCUT2D eigenvalue weighted by atomic mass is 9.86. The van der Waals surface area contributed by atoms with Crippen molar-refractivity contribution in [2.24, 2.45) is 5.92 Å². The van der Waals surface area contributed by atoms with Crippen LogP contribution in [0.2, 0.25) is 0 Å².